The predicted molar refractivity (Wildman–Crippen MR) is 37.3 cm³/mol. The summed E-state index contributed by atoms with van der Waals surface area (Å²) in [5.41, 5.74) is -0.0324. The van der Waals surface area contributed by atoms with Crippen molar-refractivity contribution in [3.05, 3.63) is 29.3 Å². The molecule has 0 aromatic heterocycles. The summed E-state index contributed by atoms with van der Waals surface area (Å²) in [6.07, 6.45) is -0.208. The zero-order valence-electron chi connectivity index (χ0n) is 6.01. The van der Waals surface area contributed by atoms with E-state index in [0.717, 1.165) is 6.07 Å². The highest BCUT2D eigenvalue weighted by molar-refractivity contribution is 5.35. The first kappa shape index (κ1) is 8.47. The Balaban J connectivity index is 3.20. The van der Waals surface area contributed by atoms with Crippen LogP contribution in [-0.4, -0.2) is 5.11 Å². The second kappa shape index (κ2) is 3.18. The van der Waals surface area contributed by atoms with Crippen LogP contribution in [0.4, 0.5) is 8.78 Å². The lowest BCUT2D eigenvalue weighted by Gasteiger charge is -2.00. The van der Waals surface area contributed by atoms with Crippen molar-refractivity contribution < 1.29 is 13.9 Å². The van der Waals surface area contributed by atoms with Crippen LogP contribution in [0.15, 0.2) is 12.1 Å². The second-order valence-electron chi connectivity index (χ2n) is 2.23. The Labute approximate surface area is 67.7 Å². The van der Waals surface area contributed by atoms with Crippen LogP contribution in [0.5, 0.6) is 5.75 Å². The van der Waals surface area contributed by atoms with Gasteiger partial charge in [0.15, 0.2) is 11.6 Å². The van der Waals surface area contributed by atoms with E-state index >= 15 is 0 Å². The summed E-state index contributed by atoms with van der Waals surface area (Å²) >= 11 is 0. The molecule has 0 unspecified atom stereocenters. The Morgan fingerprint density at radius 2 is 2.08 bits per heavy atom. The van der Waals surface area contributed by atoms with E-state index in [-0.39, 0.29) is 12.0 Å². The number of rotatable bonds is 1. The molecule has 0 saturated carbocycles. The van der Waals surface area contributed by atoms with E-state index in [4.69, 9.17) is 10.4 Å². The van der Waals surface area contributed by atoms with Crippen LogP contribution >= 0.6 is 0 Å². The highest BCUT2D eigenvalue weighted by Gasteiger charge is 2.08. The van der Waals surface area contributed by atoms with Crippen LogP contribution in [0.2, 0.25) is 0 Å². The fraction of sp³-hybridized carbons (Fsp3) is 0.125. The molecule has 1 N–H and O–H groups in total. The van der Waals surface area contributed by atoms with E-state index in [1.807, 2.05) is 0 Å². The zero-order valence-corrected chi connectivity index (χ0v) is 6.01. The van der Waals surface area contributed by atoms with E-state index in [2.05, 4.69) is 0 Å². The number of nitriles is 1. The summed E-state index contributed by atoms with van der Waals surface area (Å²) in [6, 6.07) is 3.18. The molecule has 0 aliphatic carbocycles. The van der Waals surface area contributed by atoms with E-state index in [9.17, 15) is 8.78 Å². The summed E-state index contributed by atoms with van der Waals surface area (Å²) in [7, 11) is 0. The molecular weight excluding hydrogens is 164 g/mol. The third kappa shape index (κ3) is 1.51. The fourth-order valence-electron chi connectivity index (χ4n) is 0.839. The maximum atomic E-state index is 12.6. The molecule has 12 heavy (non-hydrogen) atoms. The molecule has 0 bridgehead atoms. The molecule has 0 aliphatic heterocycles. The maximum absolute atomic E-state index is 12.6. The molecule has 0 heterocycles. The smallest absolute Gasteiger partial charge is 0.168 e. The van der Waals surface area contributed by atoms with Crippen LogP contribution < -0.4 is 0 Å². The van der Waals surface area contributed by atoms with Crippen LogP contribution in [0.3, 0.4) is 0 Å². The van der Waals surface area contributed by atoms with E-state index < -0.39 is 17.4 Å². The van der Waals surface area contributed by atoms with Gasteiger partial charge in [0, 0.05) is 11.6 Å². The van der Waals surface area contributed by atoms with Gasteiger partial charge in [0.1, 0.15) is 5.82 Å². The van der Waals surface area contributed by atoms with Gasteiger partial charge in [-0.3, -0.25) is 0 Å². The fourth-order valence-corrected chi connectivity index (χ4v) is 0.839. The molecule has 2 nitrogen and oxygen atoms in total. The SMILES string of the molecule is N#CCc1cc(F)cc(F)c1O. The molecule has 0 aliphatic rings. The average Bonchev–Trinajstić information content (AvgIpc) is 2.00. The standard InChI is InChI=1S/C8H5F2NO/c9-6-3-5(1-2-11)8(12)7(10)4-6/h3-4,12H,1H2. The molecule has 1 aromatic carbocycles. The van der Waals surface area contributed by atoms with Crippen molar-refractivity contribution in [1.29, 1.82) is 5.26 Å². The van der Waals surface area contributed by atoms with Crippen molar-refractivity contribution >= 4 is 0 Å². The van der Waals surface area contributed by atoms with Crippen LogP contribution in [-0.2, 0) is 6.42 Å². The second-order valence-corrected chi connectivity index (χ2v) is 2.23. The Hall–Kier alpha value is -1.63. The number of hydrogen-bond donors (Lipinski definition) is 1. The average molecular weight is 169 g/mol. The first-order valence-corrected chi connectivity index (χ1v) is 3.19. The van der Waals surface area contributed by atoms with Crippen LogP contribution in [0.25, 0.3) is 0 Å². The lowest BCUT2D eigenvalue weighted by atomic mass is 10.1. The molecule has 0 amide bonds. The number of aromatic hydroxyl groups is 1. The largest absolute Gasteiger partial charge is 0.505 e. The number of benzene rings is 1. The van der Waals surface area contributed by atoms with Crippen LogP contribution in [0, 0.1) is 23.0 Å². The van der Waals surface area contributed by atoms with Crippen molar-refractivity contribution in [2.45, 2.75) is 6.42 Å². The Morgan fingerprint density at radius 3 is 2.67 bits per heavy atom. The summed E-state index contributed by atoms with van der Waals surface area (Å²) in [5.74, 6) is -2.49. The molecule has 4 heteroatoms. The minimum atomic E-state index is -1.04. The first-order chi connectivity index (χ1) is 5.65. The molecule has 0 fully saturated rings. The summed E-state index contributed by atoms with van der Waals surface area (Å²) in [5, 5.41) is 17.2. The first-order valence-electron chi connectivity index (χ1n) is 3.19. The Morgan fingerprint density at radius 1 is 1.42 bits per heavy atom. The van der Waals surface area contributed by atoms with Crippen molar-refractivity contribution in [2.24, 2.45) is 0 Å². The molecule has 0 saturated heterocycles. The van der Waals surface area contributed by atoms with Gasteiger partial charge in [-0.05, 0) is 6.07 Å². The van der Waals surface area contributed by atoms with Crippen LogP contribution in [0.1, 0.15) is 5.56 Å². The van der Waals surface area contributed by atoms with Crippen molar-refractivity contribution in [3.63, 3.8) is 0 Å². The number of nitrogens with zero attached hydrogens (tertiary/aromatic N) is 1. The van der Waals surface area contributed by atoms with E-state index in [1.54, 1.807) is 6.07 Å². The molecular formula is C8H5F2NO. The lowest BCUT2D eigenvalue weighted by Crippen LogP contribution is -1.89. The topological polar surface area (TPSA) is 44.0 Å². The third-order valence-corrected chi connectivity index (χ3v) is 1.38. The minimum absolute atomic E-state index is 0.0324. The zero-order chi connectivity index (χ0) is 9.14. The van der Waals surface area contributed by atoms with Gasteiger partial charge in [0.2, 0.25) is 0 Å². The monoisotopic (exact) mass is 169 g/mol. The summed E-state index contributed by atoms with van der Waals surface area (Å²) in [6.45, 7) is 0. The Bertz CT molecular complexity index is 344. The molecule has 0 spiro atoms. The summed E-state index contributed by atoms with van der Waals surface area (Å²) < 4.78 is 25.0. The molecule has 62 valence electrons. The minimum Gasteiger partial charge on any atom is -0.505 e. The van der Waals surface area contributed by atoms with Crippen molar-refractivity contribution in [2.75, 3.05) is 0 Å². The third-order valence-electron chi connectivity index (χ3n) is 1.38. The van der Waals surface area contributed by atoms with Gasteiger partial charge in [-0.1, -0.05) is 0 Å². The van der Waals surface area contributed by atoms with Gasteiger partial charge in [0.25, 0.3) is 0 Å². The van der Waals surface area contributed by atoms with Gasteiger partial charge in [-0.25, -0.2) is 8.78 Å². The van der Waals surface area contributed by atoms with Gasteiger partial charge in [-0.2, -0.15) is 5.26 Å². The normalized spacial score (nSPS) is 9.42. The lowest BCUT2D eigenvalue weighted by molar-refractivity contribution is 0.422. The number of halogens is 2. The molecule has 1 rings (SSSR count). The van der Waals surface area contributed by atoms with Gasteiger partial charge in [0.05, 0.1) is 12.5 Å². The van der Waals surface area contributed by atoms with Gasteiger partial charge in [-0.15, -0.1) is 0 Å². The highest BCUT2D eigenvalue weighted by atomic mass is 19.1. The van der Waals surface area contributed by atoms with Crippen molar-refractivity contribution in [3.8, 4) is 11.8 Å². The number of phenolic OH excluding ortho intramolecular Hbond substituents is 1. The van der Waals surface area contributed by atoms with Crippen molar-refractivity contribution in [1.82, 2.24) is 0 Å². The Kier molecular flexibility index (Phi) is 2.24. The number of phenols is 1. The maximum Gasteiger partial charge on any atom is 0.168 e. The molecule has 0 radical (unpaired) electrons. The highest BCUT2D eigenvalue weighted by Crippen LogP contribution is 2.22. The van der Waals surface area contributed by atoms with Gasteiger partial charge >= 0.3 is 0 Å². The van der Waals surface area contributed by atoms with E-state index in [0.29, 0.717) is 6.07 Å². The molecule has 1 aromatic rings. The van der Waals surface area contributed by atoms with E-state index in [1.165, 1.54) is 0 Å². The quantitative estimate of drug-likeness (QED) is 0.695. The number of hydrogen-bond acceptors (Lipinski definition) is 2. The van der Waals surface area contributed by atoms with Gasteiger partial charge < -0.3 is 5.11 Å². The summed E-state index contributed by atoms with van der Waals surface area (Å²) in [4.78, 5) is 0. The predicted octanol–water partition coefficient (Wildman–Crippen LogP) is 1.74. The molecule has 0 atom stereocenters.